The van der Waals surface area contributed by atoms with Crippen LogP contribution in [-0.2, 0) is 9.59 Å². The molecule has 0 amide bonds. The second-order valence-corrected chi connectivity index (χ2v) is 8.53. The van der Waals surface area contributed by atoms with E-state index in [9.17, 15) is 9.59 Å². The molecule has 7 heteroatoms. The normalized spacial score (nSPS) is 29.5. The van der Waals surface area contributed by atoms with Crippen molar-refractivity contribution in [2.45, 2.75) is 32.6 Å². The molecule has 31 heavy (non-hydrogen) atoms. The second kappa shape index (κ2) is 6.85. The van der Waals surface area contributed by atoms with E-state index in [1.165, 1.54) is 0 Å². The van der Waals surface area contributed by atoms with E-state index in [-0.39, 0.29) is 29.6 Å². The average molecular weight is 415 g/mol. The summed E-state index contributed by atoms with van der Waals surface area (Å²) < 4.78 is 0. The Morgan fingerprint density at radius 2 is 1.39 bits per heavy atom. The number of anilines is 2. The lowest BCUT2D eigenvalue weighted by molar-refractivity contribution is -0.112. The third-order valence-corrected chi connectivity index (χ3v) is 6.84. The Bertz CT molecular complexity index is 1110. The molecule has 3 heterocycles. The van der Waals surface area contributed by atoms with E-state index in [1.54, 1.807) is 13.8 Å². The van der Waals surface area contributed by atoms with Gasteiger partial charge in [0.15, 0.2) is 11.6 Å². The summed E-state index contributed by atoms with van der Waals surface area (Å²) in [6.45, 7) is 5.20. The maximum absolute atomic E-state index is 12.7. The highest BCUT2D eigenvalue weighted by molar-refractivity contribution is 6.45. The van der Waals surface area contributed by atoms with Crippen LogP contribution in [0.5, 0.6) is 0 Å². The first-order chi connectivity index (χ1) is 14.9. The van der Waals surface area contributed by atoms with Crippen molar-refractivity contribution in [1.82, 2.24) is 4.90 Å². The maximum atomic E-state index is 12.7. The summed E-state index contributed by atoms with van der Waals surface area (Å²) in [6.07, 6.45) is -0.202. The molecule has 1 unspecified atom stereocenters. The molecule has 158 valence electrons. The topological polar surface area (TPSA) is 68.6 Å². The van der Waals surface area contributed by atoms with Gasteiger partial charge in [-0.15, -0.1) is 0 Å². The first kappa shape index (κ1) is 19.6. The predicted octanol–water partition coefficient (Wildman–Crippen LogP) is 3.14. The number of para-hydroxylation sites is 2. The molecule has 0 saturated carbocycles. The van der Waals surface area contributed by atoms with Crippen LogP contribution in [0.25, 0.3) is 0 Å². The Hall–Kier alpha value is -3.32. The fraction of sp³-hybridized carbons (Fsp3) is 0.333. The van der Waals surface area contributed by atoms with Crippen LogP contribution in [0.2, 0.25) is 0 Å². The highest BCUT2D eigenvalue weighted by Crippen LogP contribution is 2.54. The van der Waals surface area contributed by atoms with Gasteiger partial charge in [0.05, 0.1) is 23.2 Å². The smallest absolute Gasteiger partial charge is 0.176 e. The van der Waals surface area contributed by atoms with E-state index in [0.717, 1.165) is 11.4 Å². The molecule has 0 aliphatic carbocycles. The number of hydrogen-bond acceptors (Lipinski definition) is 7. The number of hydrazone groups is 2. The van der Waals surface area contributed by atoms with Crippen LogP contribution in [0.3, 0.4) is 0 Å². The fourth-order valence-corrected chi connectivity index (χ4v) is 5.35. The van der Waals surface area contributed by atoms with Crippen molar-refractivity contribution in [2.24, 2.45) is 22.0 Å². The number of carbonyl (C=O) groups excluding carboxylic acids is 2. The molecule has 2 aromatic rings. The minimum atomic E-state index is -0.624. The van der Waals surface area contributed by atoms with Crippen LogP contribution < -0.4 is 10.0 Å². The minimum absolute atomic E-state index is 0.0767. The number of ketones is 2. The standard InChI is InChI=1S/C24H25N5O2/c1-15(30)21-19-20-22(16(2)31)26-29(18-13-9-6-10-14-18)24(20,3)27(4)23(19)28(25-21)17-11-7-5-8-12-17/h5-14,19-20,23H,1-4H3/t19-,20-,23+,24?/m1/s1. The lowest BCUT2D eigenvalue weighted by atomic mass is 9.78. The third-order valence-electron chi connectivity index (χ3n) is 6.84. The number of fused-ring (bicyclic) bond motifs is 3. The van der Waals surface area contributed by atoms with Crippen LogP contribution in [-0.4, -0.2) is 46.8 Å². The Balaban J connectivity index is 1.69. The van der Waals surface area contributed by atoms with Gasteiger partial charge in [-0.2, -0.15) is 10.2 Å². The van der Waals surface area contributed by atoms with Gasteiger partial charge in [0, 0.05) is 13.8 Å². The van der Waals surface area contributed by atoms with E-state index in [4.69, 9.17) is 10.2 Å². The number of likely N-dealkylation sites (tertiary alicyclic amines) is 1. The summed E-state index contributed by atoms with van der Waals surface area (Å²) in [5.41, 5.74) is 2.19. The van der Waals surface area contributed by atoms with Crippen LogP contribution in [0.15, 0.2) is 70.9 Å². The van der Waals surface area contributed by atoms with Crippen molar-refractivity contribution in [1.29, 1.82) is 0 Å². The molecule has 0 aromatic heterocycles. The van der Waals surface area contributed by atoms with Crippen LogP contribution >= 0.6 is 0 Å². The largest absolute Gasteiger partial charge is 0.293 e. The van der Waals surface area contributed by atoms with Gasteiger partial charge < -0.3 is 0 Å². The van der Waals surface area contributed by atoms with Gasteiger partial charge >= 0.3 is 0 Å². The van der Waals surface area contributed by atoms with Crippen molar-refractivity contribution in [3.05, 3.63) is 60.7 Å². The zero-order valence-corrected chi connectivity index (χ0v) is 18.1. The first-order valence-corrected chi connectivity index (χ1v) is 10.5. The number of nitrogens with zero attached hydrogens (tertiary/aromatic N) is 5. The Morgan fingerprint density at radius 1 is 0.839 bits per heavy atom. The summed E-state index contributed by atoms with van der Waals surface area (Å²) in [5.74, 6) is -0.697. The van der Waals surface area contributed by atoms with Crippen molar-refractivity contribution >= 4 is 34.4 Å². The molecule has 1 fully saturated rings. The van der Waals surface area contributed by atoms with Crippen molar-refractivity contribution in [3.8, 4) is 0 Å². The van der Waals surface area contributed by atoms with E-state index < -0.39 is 5.66 Å². The van der Waals surface area contributed by atoms with Gasteiger partial charge in [-0.05, 0) is 38.2 Å². The van der Waals surface area contributed by atoms with E-state index in [2.05, 4.69) is 11.8 Å². The molecule has 0 N–H and O–H groups in total. The average Bonchev–Trinajstić information content (AvgIpc) is 3.36. The number of carbonyl (C=O) groups is 2. The zero-order valence-electron chi connectivity index (χ0n) is 18.1. The fourth-order valence-electron chi connectivity index (χ4n) is 5.35. The molecule has 7 nitrogen and oxygen atoms in total. The quantitative estimate of drug-likeness (QED) is 0.767. The van der Waals surface area contributed by atoms with Gasteiger partial charge in [-0.25, -0.2) is 10.0 Å². The number of rotatable bonds is 4. The van der Waals surface area contributed by atoms with E-state index in [1.807, 2.05) is 77.7 Å². The number of hydrogen-bond donors (Lipinski definition) is 0. The lowest BCUT2D eigenvalue weighted by Crippen LogP contribution is -2.57. The summed E-state index contributed by atoms with van der Waals surface area (Å²) in [4.78, 5) is 27.6. The van der Waals surface area contributed by atoms with Gasteiger partial charge in [0.25, 0.3) is 0 Å². The number of Topliss-reactive ketones (excluding diaryl/α,β-unsaturated/α-hetero) is 2. The van der Waals surface area contributed by atoms with Crippen molar-refractivity contribution < 1.29 is 9.59 Å². The highest BCUT2D eigenvalue weighted by atomic mass is 16.1. The van der Waals surface area contributed by atoms with Crippen LogP contribution in [0, 0.1) is 11.8 Å². The predicted molar refractivity (Wildman–Crippen MR) is 121 cm³/mol. The van der Waals surface area contributed by atoms with Gasteiger partial charge in [-0.3, -0.25) is 14.5 Å². The molecule has 5 rings (SSSR count). The Morgan fingerprint density at radius 3 is 1.94 bits per heavy atom. The van der Waals surface area contributed by atoms with E-state index >= 15 is 0 Å². The molecule has 3 aliphatic rings. The van der Waals surface area contributed by atoms with E-state index in [0.29, 0.717) is 11.4 Å². The first-order valence-electron chi connectivity index (χ1n) is 10.5. The molecule has 0 bridgehead atoms. The molecular formula is C24H25N5O2. The number of benzene rings is 2. The minimum Gasteiger partial charge on any atom is -0.293 e. The zero-order chi connectivity index (χ0) is 21.9. The molecule has 1 saturated heterocycles. The van der Waals surface area contributed by atoms with Crippen molar-refractivity contribution in [2.75, 3.05) is 17.1 Å². The van der Waals surface area contributed by atoms with Gasteiger partial charge in [0.1, 0.15) is 23.3 Å². The second-order valence-electron chi connectivity index (χ2n) is 8.53. The third kappa shape index (κ3) is 2.63. The SMILES string of the molecule is CC(=O)C1=NN(c2ccccc2)[C@H]2[C@@H]1[C@@H]1C(C(C)=O)=NN(c3ccccc3)C1(C)N2C. The summed E-state index contributed by atoms with van der Waals surface area (Å²) in [7, 11) is 2.03. The molecule has 0 spiro atoms. The maximum Gasteiger partial charge on any atom is 0.176 e. The Kier molecular flexibility index (Phi) is 4.34. The summed E-state index contributed by atoms with van der Waals surface area (Å²) in [5, 5.41) is 13.4. The van der Waals surface area contributed by atoms with Crippen LogP contribution in [0.1, 0.15) is 20.8 Å². The molecule has 3 aliphatic heterocycles. The lowest BCUT2D eigenvalue weighted by Gasteiger charge is -2.42. The molecule has 4 atom stereocenters. The van der Waals surface area contributed by atoms with Crippen LogP contribution in [0.4, 0.5) is 11.4 Å². The molecule has 0 radical (unpaired) electrons. The summed E-state index contributed by atoms with van der Waals surface area (Å²) >= 11 is 0. The monoisotopic (exact) mass is 415 g/mol. The Labute approximate surface area is 181 Å². The molecule has 2 aromatic carbocycles. The van der Waals surface area contributed by atoms with Crippen molar-refractivity contribution in [3.63, 3.8) is 0 Å². The van der Waals surface area contributed by atoms with Gasteiger partial charge in [-0.1, -0.05) is 36.4 Å². The summed E-state index contributed by atoms with van der Waals surface area (Å²) in [6, 6.07) is 19.7. The molecular weight excluding hydrogens is 390 g/mol. The highest BCUT2D eigenvalue weighted by Gasteiger charge is 2.68. The van der Waals surface area contributed by atoms with Gasteiger partial charge in [0.2, 0.25) is 0 Å².